The fraction of sp³-hybridized carbons (Fsp3) is 0.381. The Hall–Kier alpha value is -2.36. The first-order chi connectivity index (χ1) is 14.9. The maximum absolute atomic E-state index is 13.1. The molecule has 2 aromatic rings. The summed E-state index contributed by atoms with van der Waals surface area (Å²) in [4.78, 5) is 15.8. The second-order valence-corrected chi connectivity index (χ2v) is 9.34. The monoisotopic (exact) mass is 501 g/mol. The maximum Gasteiger partial charge on any atom is 0.407 e. The van der Waals surface area contributed by atoms with Gasteiger partial charge in [0.25, 0.3) is 0 Å². The normalized spacial score (nSPS) is 12.1. The van der Waals surface area contributed by atoms with Gasteiger partial charge in [-0.15, -0.1) is 0 Å². The molecule has 2 rings (SSSR count). The molecule has 0 bridgehead atoms. The minimum Gasteiger partial charge on any atom is -0.444 e. The number of nitrogens with zero attached hydrogens (tertiary/aromatic N) is 1. The standard InChI is InChI=1S/C21H26Cl2FN5O2S/c1-21(2,3)31-20(30)27-15(10-12-8-13(22)11-14(23)9-12)6-7-26-19(32)28-16-4-5-17(24)29-18(16)25/h4-5,8-9,11,15H,6-7,10H2,1-3H3,(H2,25,29)(H,27,30)(H2,26,28,32). The van der Waals surface area contributed by atoms with Crippen LogP contribution in [0.15, 0.2) is 30.3 Å². The number of amides is 1. The van der Waals surface area contributed by atoms with Crippen molar-refractivity contribution >= 4 is 58.1 Å². The lowest BCUT2D eigenvalue weighted by atomic mass is 10.0. The summed E-state index contributed by atoms with van der Waals surface area (Å²) >= 11 is 17.5. The molecule has 0 fully saturated rings. The molecule has 0 saturated heterocycles. The fourth-order valence-electron chi connectivity index (χ4n) is 2.79. The quantitative estimate of drug-likeness (QED) is 0.315. The molecule has 5 N–H and O–H groups in total. The van der Waals surface area contributed by atoms with Crippen LogP contribution >= 0.6 is 35.4 Å². The zero-order chi connectivity index (χ0) is 23.9. The summed E-state index contributed by atoms with van der Waals surface area (Å²) in [6.45, 7) is 5.80. The largest absolute Gasteiger partial charge is 0.444 e. The Labute approximate surface area is 202 Å². The lowest BCUT2D eigenvalue weighted by Gasteiger charge is -2.24. The number of halogens is 3. The van der Waals surface area contributed by atoms with Crippen LogP contribution in [0, 0.1) is 5.95 Å². The molecule has 0 aliphatic rings. The molecule has 1 heterocycles. The van der Waals surface area contributed by atoms with Gasteiger partial charge in [0, 0.05) is 22.6 Å². The number of nitrogen functional groups attached to an aromatic ring is 1. The molecule has 1 unspecified atom stereocenters. The zero-order valence-electron chi connectivity index (χ0n) is 18.0. The molecule has 0 spiro atoms. The van der Waals surface area contributed by atoms with Gasteiger partial charge in [-0.2, -0.15) is 4.39 Å². The Kier molecular flexibility index (Phi) is 9.30. The van der Waals surface area contributed by atoms with Crippen LogP contribution in [0.1, 0.15) is 32.8 Å². The molecule has 174 valence electrons. The molecule has 1 aromatic carbocycles. The summed E-state index contributed by atoms with van der Waals surface area (Å²) in [5.41, 5.74) is 6.31. The van der Waals surface area contributed by atoms with Crippen LogP contribution < -0.4 is 21.7 Å². The number of anilines is 2. The van der Waals surface area contributed by atoms with Gasteiger partial charge in [0.2, 0.25) is 5.95 Å². The van der Waals surface area contributed by atoms with Crippen molar-refractivity contribution < 1.29 is 13.9 Å². The average Bonchev–Trinajstić information content (AvgIpc) is 2.61. The van der Waals surface area contributed by atoms with Crippen molar-refractivity contribution in [2.45, 2.75) is 45.3 Å². The Morgan fingerprint density at radius 1 is 1.25 bits per heavy atom. The minimum atomic E-state index is -0.677. The first-order valence-electron chi connectivity index (χ1n) is 9.82. The third-order valence-electron chi connectivity index (χ3n) is 4.04. The van der Waals surface area contributed by atoms with Gasteiger partial charge in [-0.25, -0.2) is 9.78 Å². The van der Waals surface area contributed by atoms with E-state index in [-0.39, 0.29) is 17.0 Å². The van der Waals surface area contributed by atoms with Crippen LogP contribution in [0.5, 0.6) is 0 Å². The van der Waals surface area contributed by atoms with Crippen LogP contribution in [-0.4, -0.2) is 34.4 Å². The van der Waals surface area contributed by atoms with Crippen molar-refractivity contribution in [1.29, 1.82) is 0 Å². The highest BCUT2D eigenvalue weighted by molar-refractivity contribution is 7.80. The van der Waals surface area contributed by atoms with Gasteiger partial charge >= 0.3 is 6.09 Å². The number of hydrogen-bond acceptors (Lipinski definition) is 5. The Morgan fingerprint density at radius 3 is 2.50 bits per heavy atom. The van der Waals surface area contributed by atoms with E-state index in [2.05, 4.69) is 20.9 Å². The van der Waals surface area contributed by atoms with Gasteiger partial charge in [-0.1, -0.05) is 23.2 Å². The van der Waals surface area contributed by atoms with E-state index in [9.17, 15) is 9.18 Å². The van der Waals surface area contributed by atoms with Gasteiger partial charge in [0.1, 0.15) is 5.60 Å². The van der Waals surface area contributed by atoms with Crippen molar-refractivity contribution in [2.75, 3.05) is 17.6 Å². The molecule has 11 heteroatoms. The smallest absolute Gasteiger partial charge is 0.407 e. The van der Waals surface area contributed by atoms with E-state index in [1.54, 1.807) is 39.0 Å². The lowest BCUT2D eigenvalue weighted by Crippen LogP contribution is -2.42. The van der Waals surface area contributed by atoms with Crippen LogP contribution in [0.3, 0.4) is 0 Å². The molecule has 1 amide bonds. The summed E-state index contributed by atoms with van der Waals surface area (Å²) in [5.74, 6) is -0.680. The van der Waals surface area contributed by atoms with Crippen LogP contribution in [0.25, 0.3) is 0 Å². The van der Waals surface area contributed by atoms with Crippen molar-refractivity contribution in [3.8, 4) is 0 Å². The average molecular weight is 502 g/mol. The van der Waals surface area contributed by atoms with Crippen molar-refractivity contribution in [1.82, 2.24) is 15.6 Å². The van der Waals surface area contributed by atoms with Crippen molar-refractivity contribution in [2.24, 2.45) is 0 Å². The predicted molar refractivity (Wildman–Crippen MR) is 131 cm³/mol. The molecule has 1 aromatic heterocycles. The summed E-state index contributed by atoms with van der Waals surface area (Å²) in [7, 11) is 0. The number of nitrogens with two attached hydrogens (primary N) is 1. The lowest BCUT2D eigenvalue weighted by molar-refractivity contribution is 0.0502. The predicted octanol–water partition coefficient (Wildman–Crippen LogP) is 4.92. The number of benzene rings is 1. The number of alkyl carbamates (subject to hydrolysis) is 1. The Balaban J connectivity index is 1.98. The third-order valence-corrected chi connectivity index (χ3v) is 4.73. The highest BCUT2D eigenvalue weighted by Gasteiger charge is 2.20. The first kappa shape index (κ1) is 25.9. The molecule has 32 heavy (non-hydrogen) atoms. The number of hydrogen-bond donors (Lipinski definition) is 4. The van der Waals surface area contributed by atoms with E-state index in [4.69, 9.17) is 45.9 Å². The summed E-state index contributed by atoms with van der Waals surface area (Å²) in [5, 5.41) is 10.1. The van der Waals surface area contributed by atoms with E-state index < -0.39 is 17.6 Å². The molecule has 0 saturated carbocycles. The number of carbonyl (C=O) groups is 1. The van der Waals surface area contributed by atoms with E-state index >= 15 is 0 Å². The minimum absolute atomic E-state index is 0.00328. The van der Waals surface area contributed by atoms with E-state index in [1.165, 1.54) is 12.1 Å². The van der Waals surface area contributed by atoms with Crippen molar-refractivity contribution in [3.05, 3.63) is 51.9 Å². The maximum atomic E-state index is 13.1. The van der Waals surface area contributed by atoms with Gasteiger partial charge < -0.3 is 26.4 Å². The molecular formula is C21H26Cl2FN5O2S. The topological polar surface area (TPSA) is 101 Å². The molecule has 0 radical (unpaired) electrons. The van der Waals surface area contributed by atoms with E-state index in [0.29, 0.717) is 35.1 Å². The molecule has 0 aliphatic heterocycles. The van der Waals surface area contributed by atoms with Gasteiger partial charge in [0.15, 0.2) is 10.9 Å². The first-order valence-corrected chi connectivity index (χ1v) is 11.0. The molecule has 0 aliphatic carbocycles. The molecule has 7 nitrogen and oxygen atoms in total. The SMILES string of the molecule is CC(C)(C)OC(=O)NC(CCNC(=S)Nc1ccc(F)nc1N)Cc1cc(Cl)cc(Cl)c1. The summed E-state index contributed by atoms with van der Waals surface area (Å²) < 4.78 is 18.5. The van der Waals surface area contributed by atoms with Crippen molar-refractivity contribution in [3.63, 3.8) is 0 Å². The fourth-order valence-corrected chi connectivity index (χ4v) is 3.58. The van der Waals surface area contributed by atoms with Crippen LogP contribution in [0.4, 0.5) is 20.7 Å². The highest BCUT2D eigenvalue weighted by Crippen LogP contribution is 2.21. The van der Waals surface area contributed by atoms with Crippen LogP contribution in [-0.2, 0) is 11.2 Å². The highest BCUT2D eigenvalue weighted by atomic mass is 35.5. The van der Waals surface area contributed by atoms with Gasteiger partial charge in [0.05, 0.1) is 5.69 Å². The summed E-state index contributed by atoms with van der Waals surface area (Å²) in [6.07, 6.45) is 0.472. The summed E-state index contributed by atoms with van der Waals surface area (Å²) in [6, 6.07) is 7.57. The number of pyridine rings is 1. The zero-order valence-corrected chi connectivity index (χ0v) is 20.3. The Morgan fingerprint density at radius 2 is 1.91 bits per heavy atom. The number of aromatic nitrogens is 1. The van der Waals surface area contributed by atoms with Gasteiger partial charge in [-0.05, 0) is 81.7 Å². The third kappa shape index (κ3) is 9.42. The number of nitrogens with one attached hydrogen (secondary N) is 3. The number of ether oxygens (including phenoxy) is 1. The van der Waals surface area contributed by atoms with Crippen LogP contribution in [0.2, 0.25) is 10.0 Å². The number of carbonyl (C=O) groups excluding carboxylic acids is 1. The second kappa shape index (κ2) is 11.5. The van der Waals surface area contributed by atoms with E-state index in [1.807, 2.05) is 0 Å². The second-order valence-electron chi connectivity index (χ2n) is 8.06. The molecule has 1 atom stereocenters. The number of thiocarbonyl (C=S) groups is 1. The molecular weight excluding hydrogens is 476 g/mol. The van der Waals surface area contributed by atoms with E-state index in [0.717, 1.165) is 5.56 Å². The number of rotatable bonds is 7. The van der Waals surface area contributed by atoms with Gasteiger partial charge in [-0.3, -0.25) is 0 Å². The Bertz CT molecular complexity index is 951.